The van der Waals surface area contributed by atoms with Crippen LogP contribution >= 0.6 is 0 Å². The van der Waals surface area contributed by atoms with Crippen LogP contribution in [0.15, 0.2) is 30.0 Å². The number of fused-ring (bicyclic) bond motifs is 1. The molecule has 1 aromatic rings. The van der Waals surface area contributed by atoms with Crippen LogP contribution in [-0.2, 0) is 14.3 Å². The van der Waals surface area contributed by atoms with Crippen LogP contribution in [0.2, 0.25) is 0 Å². The van der Waals surface area contributed by atoms with Crippen LogP contribution in [0.4, 0.5) is 0 Å². The Morgan fingerprint density at radius 3 is 2.82 bits per heavy atom. The number of hydrogen-bond donors (Lipinski definition) is 1. The fourth-order valence-corrected chi connectivity index (χ4v) is 3.79. The van der Waals surface area contributed by atoms with Gasteiger partial charge < -0.3 is 29.0 Å². The molecule has 1 fully saturated rings. The van der Waals surface area contributed by atoms with Gasteiger partial charge in [0, 0.05) is 32.0 Å². The van der Waals surface area contributed by atoms with Crippen molar-refractivity contribution in [3.8, 4) is 11.5 Å². The predicted molar refractivity (Wildman–Crippen MR) is 101 cm³/mol. The Balaban J connectivity index is 1.52. The minimum atomic E-state index is -0.485. The highest BCUT2D eigenvalue weighted by atomic mass is 16.7. The average Bonchev–Trinajstić information content (AvgIpc) is 3.41. The summed E-state index contributed by atoms with van der Waals surface area (Å²) in [6.07, 6.45) is 5.55. The minimum absolute atomic E-state index is 0.00681. The van der Waals surface area contributed by atoms with Gasteiger partial charge in [-0.2, -0.15) is 0 Å². The van der Waals surface area contributed by atoms with E-state index in [-0.39, 0.29) is 25.2 Å². The number of amides is 1. The Labute approximate surface area is 164 Å². The molecule has 1 aromatic carbocycles. The number of unbranched alkanes of at least 4 members (excludes halogenated alkanes) is 1. The van der Waals surface area contributed by atoms with Gasteiger partial charge in [0.25, 0.3) is 5.91 Å². The molecule has 0 saturated carbocycles. The molecule has 0 aromatic heterocycles. The molecular weight excluding hydrogens is 362 g/mol. The van der Waals surface area contributed by atoms with Gasteiger partial charge in [0.05, 0.1) is 6.61 Å². The molecule has 1 N–H and O–H groups in total. The number of aliphatic hydroxyl groups is 1. The minimum Gasteiger partial charge on any atom is -0.459 e. The number of ether oxygens (including phenoxy) is 4. The maximum atomic E-state index is 12.9. The molecule has 0 bridgehead atoms. The summed E-state index contributed by atoms with van der Waals surface area (Å²) in [5, 5.41) is 8.94. The third kappa shape index (κ3) is 4.25. The van der Waals surface area contributed by atoms with Crippen molar-refractivity contribution in [3.63, 3.8) is 0 Å². The molecule has 0 aliphatic carbocycles. The van der Waals surface area contributed by atoms with E-state index in [1.54, 1.807) is 0 Å². The number of aliphatic hydroxyl groups excluding tert-OH is 1. The Bertz CT molecular complexity index is 728. The van der Waals surface area contributed by atoms with Crippen LogP contribution in [0.1, 0.15) is 43.6 Å². The van der Waals surface area contributed by atoms with Gasteiger partial charge in [-0.15, -0.1) is 0 Å². The van der Waals surface area contributed by atoms with Crippen molar-refractivity contribution in [2.75, 3.05) is 33.1 Å². The largest absolute Gasteiger partial charge is 0.459 e. The van der Waals surface area contributed by atoms with E-state index in [0.29, 0.717) is 25.2 Å². The highest BCUT2D eigenvalue weighted by molar-refractivity contribution is 5.92. The molecule has 0 spiro atoms. The average molecular weight is 389 g/mol. The van der Waals surface area contributed by atoms with E-state index in [4.69, 9.17) is 24.1 Å². The predicted octanol–water partition coefficient (Wildman–Crippen LogP) is 2.54. The fourth-order valence-electron chi connectivity index (χ4n) is 3.79. The van der Waals surface area contributed by atoms with Crippen LogP contribution in [-0.4, -0.2) is 55.3 Å². The topological polar surface area (TPSA) is 77.5 Å². The second kappa shape index (κ2) is 8.84. The van der Waals surface area contributed by atoms with Gasteiger partial charge in [0.15, 0.2) is 17.3 Å². The zero-order chi connectivity index (χ0) is 19.3. The summed E-state index contributed by atoms with van der Waals surface area (Å²) in [7, 11) is 0. The van der Waals surface area contributed by atoms with Crippen molar-refractivity contribution < 1.29 is 28.8 Å². The number of benzene rings is 1. The summed E-state index contributed by atoms with van der Waals surface area (Å²) in [6, 6.07) is 5.87. The van der Waals surface area contributed by atoms with Gasteiger partial charge >= 0.3 is 0 Å². The molecule has 7 nitrogen and oxygen atoms in total. The van der Waals surface area contributed by atoms with E-state index in [1.165, 1.54) is 0 Å². The number of nitrogens with zero attached hydrogens (tertiary/aromatic N) is 1. The summed E-state index contributed by atoms with van der Waals surface area (Å²) in [6.45, 7) is 2.42. The fraction of sp³-hybridized carbons (Fsp3) is 0.571. The number of rotatable bonds is 7. The number of allylic oxidation sites excluding steroid dienone is 1. The number of carbonyl (C=O) groups is 1. The second-order valence-corrected chi connectivity index (χ2v) is 7.33. The van der Waals surface area contributed by atoms with Gasteiger partial charge in [-0.1, -0.05) is 6.07 Å². The monoisotopic (exact) mass is 389 g/mol. The first kappa shape index (κ1) is 19.1. The van der Waals surface area contributed by atoms with E-state index >= 15 is 0 Å². The number of hydrogen-bond acceptors (Lipinski definition) is 6. The Morgan fingerprint density at radius 2 is 2.00 bits per heavy atom. The van der Waals surface area contributed by atoms with Gasteiger partial charge in [-0.05, 0) is 49.5 Å². The van der Waals surface area contributed by atoms with Crippen molar-refractivity contribution in [2.24, 2.45) is 0 Å². The molecule has 1 saturated heterocycles. The van der Waals surface area contributed by atoms with Crippen LogP contribution in [0, 0.1) is 0 Å². The highest BCUT2D eigenvalue weighted by Crippen LogP contribution is 2.38. The van der Waals surface area contributed by atoms with Crippen LogP contribution in [0.25, 0.3) is 0 Å². The first-order chi connectivity index (χ1) is 13.7. The second-order valence-electron chi connectivity index (χ2n) is 7.33. The van der Waals surface area contributed by atoms with E-state index in [1.807, 2.05) is 29.2 Å². The zero-order valence-corrected chi connectivity index (χ0v) is 16.0. The SMILES string of the molecule is O=C(C1=C[C@H](c2ccc3c(c2)OCO3)C[C@H](OCCCCO)O1)N1CCCC1. The summed E-state index contributed by atoms with van der Waals surface area (Å²) in [5.74, 6) is 1.76. The number of carbonyl (C=O) groups excluding carboxylic acids is 1. The highest BCUT2D eigenvalue weighted by Gasteiger charge is 2.32. The molecule has 3 aliphatic rings. The molecule has 28 heavy (non-hydrogen) atoms. The summed E-state index contributed by atoms with van der Waals surface area (Å²) < 4.78 is 22.7. The van der Waals surface area contributed by atoms with Crippen molar-refractivity contribution in [1.29, 1.82) is 0 Å². The lowest BCUT2D eigenvalue weighted by Crippen LogP contribution is -2.35. The van der Waals surface area contributed by atoms with Crippen LogP contribution in [0.5, 0.6) is 11.5 Å². The Hall–Kier alpha value is -2.25. The zero-order valence-electron chi connectivity index (χ0n) is 16.0. The van der Waals surface area contributed by atoms with E-state index < -0.39 is 6.29 Å². The molecule has 3 aliphatic heterocycles. The number of likely N-dealkylation sites (tertiary alicyclic amines) is 1. The first-order valence-electron chi connectivity index (χ1n) is 10.0. The third-order valence-corrected chi connectivity index (χ3v) is 5.34. The van der Waals surface area contributed by atoms with E-state index in [9.17, 15) is 4.79 Å². The quantitative estimate of drug-likeness (QED) is 0.722. The summed E-state index contributed by atoms with van der Waals surface area (Å²) in [5.41, 5.74) is 1.04. The van der Waals surface area contributed by atoms with Crippen molar-refractivity contribution in [1.82, 2.24) is 4.90 Å². The lowest BCUT2D eigenvalue weighted by Gasteiger charge is -2.30. The maximum absolute atomic E-state index is 12.9. The first-order valence-corrected chi connectivity index (χ1v) is 10.0. The molecular formula is C21H27NO6. The standard InChI is InChI=1S/C21H27NO6/c23-9-3-4-10-25-20-13-16(15-5-6-17-18(11-15)27-14-26-17)12-19(28-20)21(24)22-7-1-2-8-22/h5-6,11-12,16,20,23H,1-4,7-10,13-14H2/t16-,20+/m0/s1. The third-order valence-electron chi connectivity index (χ3n) is 5.34. The van der Waals surface area contributed by atoms with Crippen LogP contribution in [0.3, 0.4) is 0 Å². The maximum Gasteiger partial charge on any atom is 0.288 e. The molecule has 0 unspecified atom stereocenters. The van der Waals surface area contributed by atoms with Crippen molar-refractivity contribution >= 4 is 5.91 Å². The summed E-state index contributed by atoms with van der Waals surface area (Å²) >= 11 is 0. The van der Waals surface area contributed by atoms with Gasteiger partial charge in [-0.25, -0.2) is 0 Å². The van der Waals surface area contributed by atoms with Gasteiger partial charge in [0.2, 0.25) is 13.1 Å². The Morgan fingerprint density at radius 1 is 1.18 bits per heavy atom. The van der Waals surface area contributed by atoms with Gasteiger partial charge in [-0.3, -0.25) is 4.79 Å². The molecule has 3 heterocycles. The smallest absolute Gasteiger partial charge is 0.288 e. The Kier molecular flexibility index (Phi) is 6.02. The molecule has 4 rings (SSSR count). The molecule has 7 heteroatoms. The molecule has 152 valence electrons. The molecule has 1 amide bonds. The normalized spacial score (nSPS) is 23.5. The van der Waals surface area contributed by atoms with E-state index in [2.05, 4.69) is 0 Å². The lowest BCUT2D eigenvalue weighted by molar-refractivity contribution is -0.152. The van der Waals surface area contributed by atoms with Crippen LogP contribution < -0.4 is 9.47 Å². The van der Waals surface area contributed by atoms with E-state index in [0.717, 1.165) is 49.4 Å². The van der Waals surface area contributed by atoms with Crippen molar-refractivity contribution in [2.45, 2.75) is 44.3 Å². The van der Waals surface area contributed by atoms with Gasteiger partial charge in [0.1, 0.15) is 0 Å². The lowest BCUT2D eigenvalue weighted by atomic mass is 9.92. The van der Waals surface area contributed by atoms with Crippen molar-refractivity contribution in [3.05, 3.63) is 35.6 Å². The summed E-state index contributed by atoms with van der Waals surface area (Å²) in [4.78, 5) is 14.7. The molecule has 2 atom stereocenters. The molecule has 0 radical (unpaired) electrons.